The van der Waals surface area contributed by atoms with Crippen LogP contribution in [0.1, 0.15) is 25.7 Å². The molecule has 0 spiro atoms. The van der Waals surface area contributed by atoms with Gasteiger partial charge in [0.1, 0.15) is 0 Å². The Morgan fingerprint density at radius 1 is 1.44 bits per heavy atom. The molecule has 1 unspecified atom stereocenters. The molecule has 2 rings (SSSR count). The lowest BCUT2D eigenvalue weighted by Gasteiger charge is -2.15. The summed E-state index contributed by atoms with van der Waals surface area (Å²) < 4.78 is 5.45. The fraction of sp³-hybridized carbons (Fsp3) is 1.00. The minimum atomic E-state index is 0.108. The summed E-state index contributed by atoms with van der Waals surface area (Å²) in [5.74, 6) is 0. The molecule has 0 bridgehead atoms. The van der Waals surface area contributed by atoms with Crippen molar-refractivity contribution in [3.05, 3.63) is 0 Å². The van der Waals surface area contributed by atoms with Crippen LogP contribution in [0.4, 0.5) is 0 Å². The zero-order valence-corrected chi connectivity index (χ0v) is 5.60. The second-order valence-electron chi connectivity index (χ2n) is 3.23. The van der Waals surface area contributed by atoms with Gasteiger partial charge in [-0.15, -0.1) is 0 Å². The molecule has 1 aliphatic carbocycles. The topological polar surface area (TPSA) is 35.2 Å². The third-order valence-corrected chi connectivity index (χ3v) is 2.40. The molecule has 0 amide bonds. The molecule has 9 heavy (non-hydrogen) atoms. The van der Waals surface area contributed by atoms with Crippen LogP contribution in [0.2, 0.25) is 0 Å². The van der Waals surface area contributed by atoms with E-state index in [2.05, 4.69) is 0 Å². The molecule has 1 saturated heterocycles. The molecule has 1 atom stereocenters. The average molecular weight is 127 g/mol. The van der Waals surface area contributed by atoms with Crippen molar-refractivity contribution < 1.29 is 4.74 Å². The first kappa shape index (κ1) is 5.69. The third kappa shape index (κ3) is 0.864. The van der Waals surface area contributed by atoms with E-state index in [-0.39, 0.29) is 5.54 Å². The minimum absolute atomic E-state index is 0.108. The van der Waals surface area contributed by atoms with E-state index in [4.69, 9.17) is 10.5 Å². The lowest BCUT2D eigenvalue weighted by molar-refractivity contribution is 0.0825. The maximum atomic E-state index is 5.93. The Morgan fingerprint density at radius 3 is 2.67 bits per heavy atom. The predicted octanol–water partition coefficient (Wildman–Crippen LogP) is 0.657. The number of rotatable bonds is 1. The molecule has 2 fully saturated rings. The van der Waals surface area contributed by atoms with Gasteiger partial charge in [0.05, 0.1) is 6.10 Å². The second kappa shape index (κ2) is 1.70. The van der Waals surface area contributed by atoms with Gasteiger partial charge in [-0.1, -0.05) is 0 Å². The first-order valence-corrected chi connectivity index (χ1v) is 3.72. The summed E-state index contributed by atoms with van der Waals surface area (Å²) in [6.07, 6.45) is 5.16. The van der Waals surface area contributed by atoms with Gasteiger partial charge in [0, 0.05) is 12.1 Å². The number of nitrogens with two attached hydrogens (primary N) is 1. The highest BCUT2D eigenvalue weighted by Crippen LogP contribution is 2.40. The van der Waals surface area contributed by atoms with Crippen molar-refractivity contribution >= 4 is 0 Å². The van der Waals surface area contributed by atoms with E-state index in [1.807, 2.05) is 0 Å². The molecule has 2 aliphatic rings. The summed E-state index contributed by atoms with van der Waals surface area (Å²) in [6, 6.07) is 0. The Bertz CT molecular complexity index is 114. The molecule has 0 radical (unpaired) electrons. The summed E-state index contributed by atoms with van der Waals surface area (Å²) in [5, 5.41) is 0. The molecular weight excluding hydrogens is 114 g/mol. The van der Waals surface area contributed by atoms with Crippen molar-refractivity contribution in [2.75, 3.05) is 6.61 Å². The van der Waals surface area contributed by atoms with Crippen molar-refractivity contribution in [1.82, 2.24) is 0 Å². The van der Waals surface area contributed by atoms with E-state index in [0.29, 0.717) is 6.10 Å². The van der Waals surface area contributed by atoms with Crippen LogP contribution in [0.25, 0.3) is 0 Å². The SMILES string of the molecule is NC1(C2CCCO2)CC1. The molecule has 2 nitrogen and oxygen atoms in total. The van der Waals surface area contributed by atoms with Crippen molar-refractivity contribution in [3.8, 4) is 0 Å². The van der Waals surface area contributed by atoms with Gasteiger partial charge < -0.3 is 10.5 Å². The molecule has 0 aromatic carbocycles. The standard InChI is InChI=1S/C7H13NO/c8-7(3-4-7)6-2-1-5-9-6/h6H,1-5,8H2. The van der Waals surface area contributed by atoms with Gasteiger partial charge in [0.15, 0.2) is 0 Å². The number of hydrogen-bond acceptors (Lipinski definition) is 2. The molecule has 2 N–H and O–H groups in total. The zero-order chi connectivity index (χ0) is 6.32. The monoisotopic (exact) mass is 127 g/mol. The predicted molar refractivity (Wildman–Crippen MR) is 35.1 cm³/mol. The van der Waals surface area contributed by atoms with Crippen LogP contribution in [0, 0.1) is 0 Å². The highest BCUT2D eigenvalue weighted by molar-refractivity contribution is 5.06. The molecule has 1 saturated carbocycles. The van der Waals surface area contributed by atoms with Gasteiger partial charge in [-0.3, -0.25) is 0 Å². The normalized spacial score (nSPS) is 39.0. The largest absolute Gasteiger partial charge is 0.376 e. The van der Waals surface area contributed by atoms with Gasteiger partial charge in [-0.25, -0.2) is 0 Å². The van der Waals surface area contributed by atoms with Gasteiger partial charge in [0.25, 0.3) is 0 Å². The van der Waals surface area contributed by atoms with Gasteiger partial charge in [-0.2, -0.15) is 0 Å². The van der Waals surface area contributed by atoms with Crippen LogP contribution in [-0.2, 0) is 4.74 Å². The number of hydrogen-bond donors (Lipinski definition) is 1. The summed E-state index contributed by atoms with van der Waals surface area (Å²) >= 11 is 0. The Labute approximate surface area is 55.4 Å². The van der Waals surface area contributed by atoms with Crippen molar-refractivity contribution in [2.45, 2.75) is 37.3 Å². The first-order valence-electron chi connectivity index (χ1n) is 3.72. The summed E-state index contributed by atoms with van der Waals surface area (Å²) in [7, 11) is 0. The molecule has 0 aromatic rings. The first-order chi connectivity index (χ1) is 4.31. The summed E-state index contributed by atoms with van der Waals surface area (Å²) in [6.45, 7) is 0.934. The van der Waals surface area contributed by atoms with E-state index in [1.54, 1.807) is 0 Å². The fourth-order valence-corrected chi connectivity index (χ4v) is 1.50. The fourth-order valence-electron chi connectivity index (χ4n) is 1.50. The molecule has 52 valence electrons. The van der Waals surface area contributed by atoms with E-state index >= 15 is 0 Å². The number of ether oxygens (including phenoxy) is 1. The lowest BCUT2D eigenvalue weighted by atomic mass is 10.1. The lowest BCUT2D eigenvalue weighted by Crippen LogP contribution is -2.36. The molecule has 1 aliphatic heterocycles. The molecule has 2 heteroatoms. The summed E-state index contributed by atoms with van der Waals surface area (Å²) in [5.41, 5.74) is 6.03. The Balaban J connectivity index is 1.97. The molecule has 0 aromatic heterocycles. The Hall–Kier alpha value is -0.0800. The maximum absolute atomic E-state index is 5.93. The Kier molecular flexibility index (Phi) is 1.08. The van der Waals surface area contributed by atoms with Crippen LogP contribution >= 0.6 is 0 Å². The third-order valence-electron chi connectivity index (χ3n) is 2.40. The minimum Gasteiger partial charge on any atom is -0.376 e. The van der Waals surface area contributed by atoms with E-state index < -0.39 is 0 Å². The maximum Gasteiger partial charge on any atom is 0.0755 e. The quantitative estimate of drug-likeness (QED) is 0.561. The molecule has 1 heterocycles. The van der Waals surface area contributed by atoms with Crippen molar-refractivity contribution in [2.24, 2.45) is 5.73 Å². The van der Waals surface area contributed by atoms with Gasteiger partial charge in [0.2, 0.25) is 0 Å². The molecular formula is C7H13NO. The van der Waals surface area contributed by atoms with Crippen molar-refractivity contribution in [1.29, 1.82) is 0 Å². The summed E-state index contributed by atoms with van der Waals surface area (Å²) in [4.78, 5) is 0. The van der Waals surface area contributed by atoms with E-state index in [9.17, 15) is 0 Å². The Morgan fingerprint density at radius 2 is 2.22 bits per heavy atom. The second-order valence-corrected chi connectivity index (χ2v) is 3.23. The van der Waals surface area contributed by atoms with Crippen LogP contribution in [-0.4, -0.2) is 18.2 Å². The highest BCUT2D eigenvalue weighted by Gasteiger charge is 2.47. The van der Waals surface area contributed by atoms with E-state index in [0.717, 1.165) is 6.61 Å². The average Bonchev–Trinajstić information content (AvgIpc) is 2.46. The zero-order valence-electron chi connectivity index (χ0n) is 5.60. The van der Waals surface area contributed by atoms with Crippen molar-refractivity contribution in [3.63, 3.8) is 0 Å². The van der Waals surface area contributed by atoms with Gasteiger partial charge in [-0.05, 0) is 25.7 Å². The van der Waals surface area contributed by atoms with Crippen LogP contribution < -0.4 is 5.73 Å². The van der Waals surface area contributed by atoms with Crippen LogP contribution in [0.15, 0.2) is 0 Å². The van der Waals surface area contributed by atoms with E-state index in [1.165, 1.54) is 25.7 Å². The smallest absolute Gasteiger partial charge is 0.0755 e. The van der Waals surface area contributed by atoms with Crippen LogP contribution in [0.3, 0.4) is 0 Å². The highest BCUT2D eigenvalue weighted by atomic mass is 16.5. The van der Waals surface area contributed by atoms with Gasteiger partial charge >= 0.3 is 0 Å². The van der Waals surface area contributed by atoms with Crippen LogP contribution in [0.5, 0.6) is 0 Å².